The molecule has 0 heterocycles. The second kappa shape index (κ2) is 7.76. The minimum Gasteiger partial charge on any atom is -0.375 e. The molecule has 0 radical (unpaired) electrons. The fourth-order valence-corrected chi connectivity index (χ4v) is 1.60. The summed E-state index contributed by atoms with van der Waals surface area (Å²) in [5, 5.41) is 3.22. The van der Waals surface area contributed by atoms with Crippen molar-refractivity contribution in [2.75, 3.05) is 19.7 Å². The zero-order valence-electron chi connectivity index (χ0n) is 9.43. The SMILES string of the molecule is CCCNCCOCc1ccc(Br)cc1F. The molecule has 16 heavy (non-hydrogen) atoms. The molecule has 0 bridgehead atoms. The van der Waals surface area contributed by atoms with Crippen LogP contribution in [0.3, 0.4) is 0 Å². The van der Waals surface area contributed by atoms with E-state index in [0.29, 0.717) is 18.8 Å². The molecule has 4 heteroatoms. The maximum absolute atomic E-state index is 13.4. The Bertz CT molecular complexity index is 320. The highest BCUT2D eigenvalue weighted by molar-refractivity contribution is 9.10. The molecule has 1 rings (SSSR count). The van der Waals surface area contributed by atoms with Crippen LogP contribution >= 0.6 is 15.9 Å². The van der Waals surface area contributed by atoms with Gasteiger partial charge in [-0.1, -0.05) is 28.9 Å². The van der Waals surface area contributed by atoms with Crippen LogP contribution in [0.1, 0.15) is 18.9 Å². The summed E-state index contributed by atoms with van der Waals surface area (Å²) >= 11 is 3.22. The number of ether oxygens (including phenoxy) is 1. The van der Waals surface area contributed by atoms with Gasteiger partial charge in [0.1, 0.15) is 5.82 Å². The third-order valence-corrected chi connectivity index (χ3v) is 2.62. The first-order valence-corrected chi connectivity index (χ1v) is 6.25. The van der Waals surface area contributed by atoms with Crippen molar-refractivity contribution in [1.29, 1.82) is 0 Å². The molecular formula is C12H17BrFNO. The fourth-order valence-electron chi connectivity index (χ4n) is 1.27. The monoisotopic (exact) mass is 289 g/mol. The van der Waals surface area contributed by atoms with Crippen LogP contribution in [0.5, 0.6) is 0 Å². The van der Waals surface area contributed by atoms with Crippen LogP contribution < -0.4 is 5.32 Å². The molecule has 0 aromatic heterocycles. The van der Waals surface area contributed by atoms with Crippen molar-refractivity contribution in [2.45, 2.75) is 20.0 Å². The van der Waals surface area contributed by atoms with Crippen molar-refractivity contribution < 1.29 is 9.13 Å². The van der Waals surface area contributed by atoms with E-state index in [4.69, 9.17) is 4.74 Å². The molecule has 0 spiro atoms. The maximum atomic E-state index is 13.4. The second-order valence-electron chi connectivity index (χ2n) is 3.54. The summed E-state index contributed by atoms with van der Waals surface area (Å²) in [7, 11) is 0. The Balaban J connectivity index is 2.21. The Morgan fingerprint density at radius 3 is 2.88 bits per heavy atom. The second-order valence-corrected chi connectivity index (χ2v) is 4.45. The molecular weight excluding hydrogens is 273 g/mol. The third-order valence-electron chi connectivity index (χ3n) is 2.12. The Labute approximate surface area is 104 Å². The summed E-state index contributed by atoms with van der Waals surface area (Å²) in [4.78, 5) is 0. The molecule has 0 fully saturated rings. The Morgan fingerprint density at radius 2 is 2.19 bits per heavy atom. The molecule has 0 aliphatic rings. The molecule has 0 saturated heterocycles. The summed E-state index contributed by atoms with van der Waals surface area (Å²) in [6.07, 6.45) is 1.11. The van der Waals surface area contributed by atoms with Crippen molar-refractivity contribution in [3.05, 3.63) is 34.1 Å². The van der Waals surface area contributed by atoms with Crippen LogP contribution in [0.2, 0.25) is 0 Å². The summed E-state index contributed by atoms with van der Waals surface area (Å²) < 4.78 is 19.5. The van der Waals surface area contributed by atoms with Gasteiger partial charge < -0.3 is 10.1 Å². The molecule has 2 nitrogen and oxygen atoms in total. The largest absolute Gasteiger partial charge is 0.375 e. The number of halogens is 2. The van der Waals surface area contributed by atoms with E-state index in [0.717, 1.165) is 24.0 Å². The average Bonchev–Trinajstić information content (AvgIpc) is 2.26. The van der Waals surface area contributed by atoms with E-state index in [9.17, 15) is 4.39 Å². The minimum atomic E-state index is -0.226. The third kappa shape index (κ3) is 5.05. The van der Waals surface area contributed by atoms with Gasteiger partial charge in [-0.25, -0.2) is 4.39 Å². The summed E-state index contributed by atoms with van der Waals surface area (Å²) in [5.74, 6) is -0.226. The summed E-state index contributed by atoms with van der Waals surface area (Å²) in [5.41, 5.74) is 0.596. The quantitative estimate of drug-likeness (QED) is 0.779. The molecule has 0 unspecified atom stereocenters. The van der Waals surface area contributed by atoms with Crippen LogP contribution in [-0.2, 0) is 11.3 Å². The molecule has 1 N–H and O–H groups in total. The van der Waals surface area contributed by atoms with Gasteiger partial charge in [0.2, 0.25) is 0 Å². The van der Waals surface area contributed by atoms with Crippen molar-refractivity contribution in [3.63, 3.8) is 0 Å². The molecule has 0 saturated carbocycles. The van der Waals surface area contributed by atoms with Gasteiger partial charge in [0, 0.05) is 16.6 Å². The van der Waals surface area contributed by atoms with Gasteiger partial charge in [0.25, 0.3) is 0 Å². The van der Waals surface area contributed by atoms with Gasteiger partial charge in [0.15, 0.2) is 0 Å². The number of benzene rings is 1. The van der Waals surface area contributed by atoms with Crippen LogP contribution in [0.15, 0.2) is 22.7 Å². The molecule has 0 aliphatic carbocycles. The molecule has 90 valence electrons. The molecule has 0 amide bonds. The minimum absolute atomic E-state index is 0.226. The Morgan fingerprint density at radius 1 is 1.38 bits per heavy atom. The van der Waals surface area contributed by atoms with E-state index < -0.39 is 0 Å². The lowest BCUT2D eigenvalue weighted by atomic mass is 10.2. The van der Waals surface area contributed by atoms with Crippen molar-refractivity contribution in [3.8, 4) is 0 Å². The lowest BCUT2D eigenvalue weighted by molar-refractivity contribution is 0.120. The van der Waals surface area contributed by atoms with E-state index in [1.54, 1.807) is 6.07 Å². The zero-order valence-corrected chi connectivity index (χ0v) is 11.0. The van der Waals surface area contributed by atoms with E-state index in [-0.39, 0.29) is 5.82 Å². The van der Waals surface area contributed by atoms with Gasteiger partial charge in [-0.05, 0) is 25.1 Å². The Kier molecular flexibility index (Phi) is 6.61. The van der Waals surface area contributed by atoms with E-state index >= 15 is 0 Å². The van der Waals surface area contributed by atoms with Gasteiger partial charge in [0.05, 0.1) is 13.2 Å². The molecule has 1 aromatic rings. The van der Waals surface area contributed by atoms with E-state index in [1.165, 1.54) is 6.07 Å². The van der Waals surface area contributed by atoms with Crippen LogP contribution in [0.4, 0.5) is 4.39 Å². The highest BCUT2D eigenvalue weighted by atomic mass is 79.9. The van der Waals surface area contributed by atoms with Crippen molar-refractivity contribution >= 4 is 15.9 Å². The number of hydrogen-bond acceptors (Lipinski definition) is 2. The number of nitrogens with one attached hydrogen (secondary N) is 1. The lowest BCUT2D eigenvalue weighted by Gasteiger charge is -2.06. The van der Waals surface area contributed by atoms with E-state index in [1.807, 2.05) is 6.07 Å². The van der Waals surface area contributed by atoms with Crippen LogP contribution in [-0.4, -0.2) is 19.7 Å². The zero-order chi connectivity index (χ0) is 11.8. The van der Waals surface area contributed by atoms with Crippen molar-refractivity contribution in [1.82, 2.24) is 5.32 Å². The van der Waals surface area contributed by atoms with Crippen LogP contribution in [0, 0.1) is 5.82 Å². The molecule has 0 aliphatic heterocycles. The highest BCUT2D eigenvalue weighted by Crippen LogP contribution is 2.15. The topological polar surface area (TPSA) is 21.3 Å². The predicted octanol–water partition coefficient (Wildman–Crippen LogP) is 3.10. The van der Waals surface area contributed by atoms with Gasteiger partial charge in [-0.3, -0.25) is 0 Å². The first-order chi connectivity index (χ1) is 7.74. The predicted molar refractivity (Wildman–Crippen MR) is 66.9 cm³/mol. The lowest BCUT2D eigenvalue weighted by Crippen LogP contribution is -2.20. The summed E-state index contributed by atoms with van der Waals surface area (Å²) in [6, 6.07) is 5.00. The smallest absolute Gasteiger partial charge is 0.129 e. The molecule has 1 aromatic carbocycles. The fraction of sp³-hybridized carbons (Fsp3) is 0.500. The first kappa shape index (κ1) is 13.6. The summed E-state index contributed by atoms with van der Waals surface area (Å²) in [6.45, 7) is 4.86. The highest BCUT2D eigenvalue weighted by Gasteiger charge is 2.02. The number of hydrogen-bond donors (Lipinski definition) is 1. The molecule has 0 atom stereocenters. The number of rotatable bonds is 7. The average molecular weight is 290 g/mol. The van der Waals surface area contributed by atoms with Gasteiger partial charge in [-0.15, -0.1) is 0 Å². The first-order valence-electron chi connectivity index (χ1n) is 5.46. The van der Waals surface area contributed by atoms with Crippen molar-refractivity contribution in [2.24, 2.45) is 0 Å². The normalized spacial score (nSPS) is 10.7. The van der Waals surface area contributed by atoms with E-state index in [2.05, 4.69) is 28.2 Å². The standard InChI is InChI=1S/C12H17BrFNO/c1-2-5-15-6-7-16-9-10-3-4-11(13)8-12(10)14/h3-4,8,15H,2,5-7,9H2,1H3. The van der Waals surface area contributed by atoms with Gasteiger partial charge in [-0.2, -0.15) is 0 Å². The van der Waals surface area contributed by atoms with Crippen LogP contribution in [0.25, 0.3) is 0 Å². The maximum Gasteiger partial charge on any atom is 0.129 e. The van der Waals surface area contributed by atoms with Gasteiger partial charge >= 0.3 is 0 Å². The Hall–Kier alpha value is -0.450.